The molecule has 2 N–H and O–H groups in total. The average Bonchev–Trinajstić information content (AvgIpc) is 2.79. The Morgan fingerprint density at radius 2 is 1.96 bits per heavy atom. The van der Waals surface area contributed by atoms with Crippen LogP contribution in [0.3, 0.4) is 0 Å². The van der Waals surface area contributed by atoms with Gasteiger partial charge in [-0.25, -0.2) is 4.39 Å². The monoisotopic (exact) mass is 398 g/mol. The molecule has 0 saturated heterocycles. The van der Waals surface area contributed by atoms with E-state index in [9.17, 15) is 17.6 Å². The van der Waals surface area contributed by atoms with E-state index in [0.29, 0.717) is 5.56 Å². The summed E-state index contributed by atoms with van der Waals surface area (Å²) in [6.07, 6.45) is -2.48. The Bertz CT molecular complexity index is 1040. The van der Waals surface area contributed by atoms with E-state index in [-0.39, 0.29) is 10.6 Å². The topological polar surface area (TPSA) is 95.7 Å². The van der Waals surface area contributed by atoms with E-state index in [1.807, 2.05) is 0 Å². The standard InChI is InChI=1S/C17H13ClFNO5S/c18-13-8-11(19)6-7-12(13)15-14(21)16(17(20)24-15)25-26(22,23)9-10-4-2-1-3-5-10/h1-8,15H,9,20H2/i15D. The molecule has 1 heterocycles. The summed E-state index contributed by atoms with van der Waals surface area (Å²) in [6, 6.07) is 11.1. The van der Waals surface area contributed by atoms with E-state index in [2.05, 4.69) is 0 Å². The van der Waals surface area contributed by atoms with E-state index in [0.717, 1.165) is 18.2 Å². The van der Waals surface area contributed by atoms with Gasteiger partial charge in [0.2, 0.25) is 17.4 Å². The summed E-state index contributed by atoms with van der Waals surface area (Å²) in [6.45, 7) is 0. The zero-order chi connectivity index (χ0) is 19.8. The molecule has 1 unspecified atom stereocenters. The third-order valence-electron chi connectivity index (χ3n) is 3.42. The molecule has 6 nitrogen and oxygen atoms in total. The number of nitrogens with two attached hydrogens (primary N) is 1. The molecule has 1 aliphatic heterocycles. The van der Waals surface area contributed by atoms with E-state index in [1.165, 1.54) is 0 Å². The Labute approximate surface area is 155 Å². The van der Waals surface area contributed by atoms with Crippen molar-refractivity contribution in [1.82, 2.24) is 0 Å². The molecule has 0 spiro atoms. The number of rotatable bonds is 5. The number of halogens is 2. The van der Waals surface area contributed by atoms with Gasteiger partial charge in [-0.3, -0.25) is 4.79 Å². The van der Waals surface area contributed by atoms with Crippen molar-refractivity contribution in [3.8, 4) is 0 Å². The summed E-state index contributed by atoms with van der Waals surface area (Å²) in [5.41, 5.74) is 5.81. The quantitative estimate of drug-likeness (QED) is 0.778. The lowest BCUT2D eigenvalue weighted by Gasteiger charge is -2.11. The zero-order valence-electron chi connectivity index (χ0n) is 14.1. The maximum Gasteiger partial charge on any atom is 0.313 e. The summed E-state index contributed by atoms with van der Waals surface area (Å²) < 4.78 is 55.9. The average molecular weight is 399 g/mol. The van der Waals surface area contributed by atoms with Crippen LogP contribution in [0.15, 0.2) is 60.2 Å². The molecule has 0 amide bonds. The van der Waals surface area contributed by atoms with Gasteiger partial charge < -0.3 is 14.7 Å². The van der Waals surface area contributed by atoms with Crippen molar-refractivity contribution in [3.05, 3.63) is 82.1 Å². The SMILES string of the molecule is [2H]C1(c2ccc(F)cc2Cl)OC(N)=C(OS(=O)(=O)Cc2ccccc2)C1=O. The molecule has 0 aromatic heterocycles. The second-order valence-corrected chi connectivity index (χ2v) is 7.33. The molecule has 26 heavy (non-hydrogen) atoms. The Morgan fingerprint density at radius 3 is 2.62 bits per heavy atom. The van der Waals surface area contributed by atoms with Crippen LogP contribution in [0.2, 0.25) is 5.02 Å². The van der Waals surface area contributed by atoms with E-state index in [4.69, 9.17) is 27.6 Å². The summed E-state index contributed by atoms with van der Waals surface area (Å²) in [7, 11) is -4.25. The normalized spacial score (nSPS) is 20.7. The molecule has 136 valence electrons. The molecule has 9 heteroatoms. The first-order valence-corrected chi connectivity index (χ1v) is 9.23. The number of ether oxygens (including phenoxy) is 1. The van der Waals surface area contributed by atoms with Crippen LogP contribution >= 0.6 is 11.6 Å². The van der Waals surface area contributed by atoms with Crippen LogP contribution in [0.1, 0.15) is 18.6 Å². The molecule has 1 atom stereocenters. The van der Waals surface area contributed by atoms with Gasteiger partial charge in [0.25, 0.3) is 0 Å². The third-order valence-corrected chi connectivity index (χ3v) is 4.84. The van der Waals surface area contributed by atoms with Crippen molar-refractivity contribution in [1.29, 1.82) is 0 Å². The smallest absolute Gasteiger partial charge is 0.313 e. The number of carbonyl (C=O) groups is 1. The van der Waals surface area contributed by atoms with Gasteiger partial charge in [-0.15, -0.1) is 0 Å². The minimum absolute atomic E-state index is 0.197. The minimum atomic E-state index is -4.25. The highest BCUT2D eigenvalue weighted by Crippen LogP contribution is 2.36. The second-order valence-electron chi connectivity index (χ2n) is 5.35. The van der Waals surface area contributed by atoms with E-state index < -0.39 is 45.2 Å². The van der Waals surface area contributed by atoms with Crippen LogP contribution in [0.25, 0.3) is 0 Å². The van der Waals surface area contributed by atoms with Gasteiger partial charge in [0, 0.05) is 5.56 Å². The fraction of sp³-hybridized carbons (Fsp3) is 0.118. The lowest BCUT2D eigenvalue weighted by molar-refractivity contribution is -0.123. The van der Waals surface area contributed by atoms with Crippen LogP contribution in [-0.2, 0) is 29.6 Å². The number of carbonyl (C=O) groups excluding carboxylic acids is 1. The fourth-order valence-electron chi connectivity index (χ4n) is 2.28. The first-order valence-electron chi connectivity index (χ1n) is 7.77. The molecule has 2 aromatic rings. The molecule has 0 aliphatic carbocycles. The van der Waals surface area contributed by atoms with Gasteiger partial charge in [-0.1, -0.05) is 48.0 Å². The van der Waals surface area contributed by atoms with Crippen LogP contribution in [-0.4, -0.2) is 14.2 Å². The van der Waals surface area contributed by atoms with Crippen molar-refractivity contribution in [2.45, 2.75) is 11.8 Å². The van der Waals surface area contributed by atoms with Crippen LogP contribution in [0.4, 0.5) is 4.39 Å². The molecular weight excluding hydrogens is 385 g/mol. The first kappa shape index (κ1) is 16.9. The Kier molecular flexibility index (Phi) is 4.52. The molecule has 0 fully saturated rings. The third kappa shape index (κ3) is 3.81. The highest BCUT2D eigenvalue weighted by atomic mass is 35.5. The lowest BCUT2D eigenvalue weighted by Crippen LogP contribution is -2.16. The molecule has 1 aliphatic rings. The fourth-order valence-corrected chi connectivity index (χ4v) is 3.61. The van der Waals surface area contributed by atoms with E-state index in [1.54, 1.807) is 30.3 Å². The van der Waals surface area contributed by atoms with Crippen LogP contribution < -0.4 is 5.73 Å². The zero-order valence-corrected chi connectivity index (χ0v) is 14.7. The summed E-state index contributed by atoms with van der Waals surface area (Å²) in [4.78, 5) is 12.6. The summed E-state index contributed by atoms with van der Waals surface area (Å²) in [5, 5.41) is -0.250. The molecule has 0 bridgehead atoms. The predicted molar refractivity (Wildman–Crippen MR) is 91.6 cm³/mol. The molecular formula is C17H13ClFNO5S. The van der Waals surface area contributed by atoms with Gasteiger partial charge in [-0.05, 0) is 17.7 Å². The van der Waals surface area contributed by atoms with Gasteiger partial charge in [0.1, 0.15) is 11.6 Å². The molecule has 0 saturated carbocycles. The van der Waals surface area contributed by atoms with Crippen molar-refractivity contribution >= 4 is 27.5 Å². The van der Waals surface area contributed by atoms with Crippen LogP contribution in [0.5, 0.6) is 0 Å². The first-order chi connectivity index (χ1) is 12.6. The van der Waals surface area contributed by atoms with Gasteiger partial charge in [-0.2, -0.15) is 8.42 Å². The maximum atomic E-state index is 13.2. The summed E-state index contributed by atoms with van der Waals surface area (Å²) >= 11 is 5.89. The highest BCUT2D eigenvalue weighted by Gasteiger charge is 2.40. The van der Waals surface area contributed by atoms with E-state index >= 15 is 0 Å². The number of benzene rings is 2. The number of hydrogen-bond acceptors (Lipinski definition) is 6. The molecule has 3 rings (SSSR count). The van der Waals surface area contributed by atoms with Crippen molar-refractivity contribution in [2.75, 3.05) is 0 Å². The maximum absolute atomic E-state index is 13.2. The Balaban J connectivity index is 1.87. The van der Waals surface area contributed by atoms with Crippen molar-refractivity contribution in [2.24, 2.45) is 5.73 Å². The molecule has 0 radical (unpaired) electrons. The second kappa shape index (κ2) is 6.97. The number of Topliss-reactive ketones (excluding diaryl/α,β-unsaturated/α-hetero) is 1. The van der Waals surface area contributed by atoms with Gasteiger partial charge in [0.05, 0.1) is 6.39 Å². The van der Waals surface area contributed by atoms with Crippen LogP contribution in [0, 0.1) is 5.82 Å². The van der Waals surface area contributed by atoms with Gasteiger partial charge in [0.15, 0.2) is 6.08 Å². The van der Waals surface area contributed by atoms with Crippen molar-refractivity contribution in [3.63, 3.8) is 0 Å². The van der Waals surface area contributed by atoms with Gasteiger partial charge >= 0.3 is 10.1 Å². The highest BCUT2D eigenvalue weighted by molar-refractivity contribution is 7.86. The molecule has 2 aromatic carbocycles. The van der Waals surface area contributed by atoms with Crippen molar-refractivity contribution < 1.29 is 27.9 Å². The number of hydrogen-bond donors (Lipinski definition) is 1. The summed E-state index contributed by atoms with van der Waals surface area (Å²) in [5.74, 6) is -3.85. The Hall–Kier alpha value is -2.58. The predicted octanol–water partition coefficient (Wildman–Crippen LogP) is 2.79. The number of ketones is 1. The Morgan fingerprint density at radius 1 is 1.27 bits per heavy atom. The minimum Gasteiger partial charge on any atom is -0.460 e. The largest absolute Gasteiger partial charge is 0.460 e. The lowest BCUT2D eigenvalue weighted by atomic mass is 10.1.